The van der Waals surface area contributed by atoms with Gasteiger partial charge in [0, 0.05) is 30.2 Å². The highest BCUT2D eigenvalue weighted by Gasteiger charge is 2.35. The maximum absolute atomic E-state index is 12.9. The molecule has 2 amide bonds. The van der Waals surface area contributed by atoms with Gasteiger partial charge in [-0.25, -0.2) is 4.98 Å². The quantitative estimate of drug-likeness (QED) is 0.679. The average Bonchev–Trinajstić information content (AvgIpc) is 3.52. The zero-order valence-electron chi connectivity index (χ0n) is 16.2. The Bertz CT molecular complexity index is 997. The van der Waals surface area contributed by atoms with Gasteiger partial charge in [-0.3, -0.25) is 14.3 Å². The molecule has 1 aromatic carbocycles. The third-order valence-corrected chi connectivity index (χ3v) is 6.01. The predicted octanol–water partition coefficient (Wildman–Crippen LogP) is 2.95. The van der Waals surface area contributed by atoms with Crippen molar-refractivity contribution in [3.63, 3.8) is 0 Å². The Labute approximate surface area is 173 Å². The maximum Gasteiger partial charge on any atom is 0.272 e. The Hall–Kier alpha value is -3.00. The van der Waals surface area contributed by atoms with Gasteiger partial charge in [-0.05, 0) is 25.8 Å². The molecule has 1 aliphatic heterocycles. The van der Waals surface area contributed by atoms with Crippen LogP contribution in [0.25, 0.3) is 10.6 Å². The number of thiazole rings is 1. The van der Waals surface area contributed by atoms with Crippen LogP contribution < -0.4 is 5.32 Å². The first-order valence-electron chi connectivity index (χ1n) is 9.77. The fourth-order valence-electron chi connectivity index (χ4n) is 3.59. The summed E-state index contributed by atoms with van der Waals surface area (Å²) in [5.74, 6) is -0.269. The van der Waals surface area contributed by atoms with Crippen molar-refractivity contribution in [2.45, 2.75) is 38.9 Å². The number of hydrogen-bond acceptors (Lipinski definition) is 5. The van der Waals surface area contributed by atoms with Crippen LogP contribution in [0.4, 0.5) is 0 Å². The number of hydrogen-bond donors (Lipinski definition) is 1. The van der Waals surface area contributed by atoms with Crippen molar-refractivity contribution in [3.8, 4) is 10.6 Å². The lowest BCUT2D eigenvalue weighted by atomic mass is 10.2. The van der Waals surface area contributed by atoms with E-state index >= 15 is 0 Å². The van der Waals surface area contributed by atoms with Crippen molar-refractivity contribution in [1.29, 1.82) is 0 Å². The second-order valence-electron chi connectivity index (χ2n) is 6.92. The van der Waals surface area contributed by atoms with E-state index in [9.17, 15) is 9.59 Å². The van der Waals surface area contributed by atoms with Gasteiger partial charge >= 0.3 is 0 Å². The normalized spacial score (nSPS) is 16.2. The van der Waals surface area contributed by atoms with Crippen LogP contribution in [0.3, 0.4) is 0 Å². The largest absolute Gasteiger partial charge is 0.349 e. The molecule has 0 aliphatic carbocycles. The summed E-state index contributed by atoms with van der Waals surface area (Å²) in [7, 11) is 0. The van der Waals surface area contributed by atoms with E-state index in [1.807, 2.05) is 42.6 Å². The molecule has 1 saturated heterocycles. The Balaban J connectivity index is 1.39. The van der Waals surface area contributed by atoms with Gasteiger partial charge in [0.05, 0.1) is 12.2 Å². The molecule has 1 atom stereocenters. The van der Waals surface area contributed by atoms with Crippen molar-refractivity contribution in [3.05, 3.63) is 59.4 Å². The number of likely N-dealkylation sites (tertiary alicyclic amines) is 1. The first-order valence-corrected chi connectivity index (χ1v) is 10.7. The number of benzene rings is 1. The molecule has 0 radical (unpaired) electrons. The number of carbonyl (C=O) groups is 2. The number of aromatic nitrogens is 3. The van der Waals surface area contributed by atoms with Gasteiger partial charge in [0.15, 0.2) is 0 Å². The summed E-state index contributed by atoms with van der Waals surface area (Å²) in [6.45, 7) is 3.50. The van der Waals surface area contributed by atoms with E-state index in [-0.39, 0.29) is 11.8 Å². The van der Waals surface area contributed by atoms with Crippen LogP contribution in [0.2, 0.25) is 0 Å². The standard InChI is InChI=1S/C21H23N5O2S/c1-2-26-18(10-11-23-26)21(28)25-12-6-9-17(25)19(27)22-13-16-14-29-20(24-16)15-7-4-3-5-8-15/h3-5,7-8,10-11,14,17H,2,6,9,12-13H2,1H3,(H,22,27). The molecule has 0 bridgehead atoms. The maximum atomic E-state index is 12.9. The minimum absolute atomic E-state index is 0.132. The fraction of sp³-hybridized carbons (Fsp3) is 0.333. The third kappa shape index (κ3) is 4.07. The van der Waals surface area contributed by atoms with Gasteiger partial charge in [-0.1, -0.05) is 30.3 Å². The van der Waals surface area contributed by atoms with E-state index in [1.54, 1.807) is 33.2 Å². The first-order chi connectivity index (χ1) is 14.2. The van der Waals surface area contributed by atoms with Gasteiger partial charge in [0.2, 0.25) is 5.91 Å². The summed E-state index contributed by atoms with van der Waals surface area (Å²) >= 11 is 1.56. The lowest BCUT2D eigenvalue weighted by molar-refractivity contribution is -0.125. The van der Waals surface area contributed by atoms with Crippen LogP contribution in [-0.4, -0.2) is 44.1 Å². The minimum Gasteiger partial charge on any atom is -0.349 e. The molecule has 1 fully saturated rings. The summed E-state index contributed by atoms with van der Waals surface area (Å²) in [5.41, 5.74) is 2.41. The van der Waals surface area contributed by atoms with Crippen molar-refractivity contribution in [2.24, 2.45) is 0 Å². The van der Waals surface area contributed by atoms with Crippen LogP contribution in [0.5, 0.6) is 0 Å². The zero-order chi connectivity index (χ0) is 20.2. The molecule has 0 spiro atoms. The van der Waals surface area contributed by atoms with Gasteiger partial charge in [0.25, 0.3) is 5.91 Å². The fourth-order valence-corrected chi connectivity index (χ4v) is 4.42. The number of aryl methyl sites for hydroxylation is 1. The Morgan fingerprint density at radius 1 is 1.24 bits per heavy atom. The van der Waals surface area contributed by atoms with E-state index < -0.39 is 6.04 Å². The summed E-state index contributed by atoms with van der Waals surface area (Å²) in [5, 5.41) is 10.0. The smallest absolute Gasteiger partial charge is 0.272 e. The predicted molar refractivity (Wildman–Crippen MR) is 111 cm³/mol. The Kier molecular flexibility index (Phi) is 5.71. The molecular formula is C21H23N5O2S. The van der Waals surface area contributed by atoms with Crippen LogP contribution in [0, 0.1) is 0 Å². The third-order valence-electron chi connectivity index (χ3n) is 5.07. The number of amides is 2. The van der Waals surface area contributed by atoms with Crippen molar-refractivity contribution in [1.82, 2.24) is 25.0 Å². The van der Waals surface area contributed by atoms with E-state index in [0.717, 1.165) is 22.7 Å². The van der Waals surface area contributed by atoms with Crippen molar-refractivity contribution in [2.75, 3.05) is 6.54 Å². The molecule has 3 aromatic rings. The van der Waals surface area contributed by atoms with E-state index in [2.05, 4.69) is 15.4 Å². The zero-order valence-corrected chi connectivity index (χ0v) is 17.1. The molecular weight excluding hydrogens is 386 g/mol. The minimum atomic E-state index is -0.449. The van der Waals surface area contributed by atoms with Crippen LogP contribution in [0.1, 0.15) is 35.9 Å². The van der Waals surface area contributed by atoms with Gasteiger partial charge in [-0.2, -0.15) is 5.10 Å². The summed E-state index contributed by atoms with van der Waals surface area (Å²) < 4.78 is 1.66. The second kappa shape index (κ2) is 8.57. The molecule has 7 nitrogen and oxygen atoms in total. The SMILES string of the molecule is CCn1nccc1C(=O)N1CCCC1C(=O)NCc1csc(-c2ccccc2)n1. The van der Waals surface area contributed by atoms with E-state index in [4.69, 9.17) is 0 Å². The highest BCUT2D eigenvalue weighted by Crippen LogP contribution is 2.24. The highest BCUT2D eigenvalue weighted by molar-refractivity contribution is 7.13. The van der Waals surface area contributed by atoms with Gasteiger partial charge in [0.1, 0.15) is 16.7 Å². The molecule has 4 rings (SSSR count). The average molecular weight is 410 g/mol. The highest BCUT2D eigenvalue weighted by atomic mass is 32.1. The Morgan fingerprint density at radius 3 is 2.86 bits per heavy atom. The number of rotatable bonds is 6. The van der Waals surface area contributed by atoms with Crippen molar-refractivity contribution >= 4 is 23.2 Å². The second-order valence-corrected chi connectivity index (χ2v) is 7.77. The lowest BCUT2D eigenvalue weighted by Gasteiger charge is -2.24. The molecule has 8 heteroatoms. The van der Waals surface area contributed by atoms with Crippen LogP contribution in [-0.2, 0) is 17.9 Å². The molecule has 150 valence electrons. The van der Waals surface area contributed by atoms with Gasteiger partial charge in [-0.15, -0.1) is 11.3 Å². The van der Waals surface area contributed by atoms with E-state index in [0.29, 0.717) is 31.7 Å². The molecule has 3 heterocycles. The van der Waals surface area contributed by atoms with Crippen molar-refractivity contribution < 1.29 is 9.59 Å². The first kappa shape index (κ1) is 19.3. The van der Waals surface area contributed by atoms with E-state index in [1.165, 1.54) is 0 Å². The monoisotopic (exact) mass is 409 g/mol. The molecule has 2 aromatic heterocycles. The molecule has 29 heavy (non-hydrogen) atoms. The van der Waals surface area contributed by atoms with Gasteiger partial charge < -0.3 is 10.2 Å². The summed E-state index contributed by atoms with van der Waals surface area (Å²) in [6, 6.07) is 11.2. The lowest BCUT2D eigenvalue weighted by Crippen LogP contribution is -2.46. The molecule has 1 unspecified atom stereocenters. The molecule has 1 N–H and O–H groups in total. The number of nitrogens with one attached hydrogen (secondary N) is 1. The Morgan fingerprint density at radius 2 is 2.07 bits per heavy atom. The van der Waals surface area contributed by atoms with Crippen LogP contribution >= 0.6 is 11.3 Å². The summed E-state index contributed by atoms with van der Waals surface area (Å²) in [6.07, 6.45) is 3.11. The molecule has 0 saturated carbocycles. The molecule has 1 aliphatic rings. The number of nitrogens with zero attached hydrogens (tertiary/aromatic N) is 4. The summed E-state index contributed by atoms with van der Waals surface area (Å²) in [4.78, 5) is 32.0. The van der Waals surface area contributed by atoms with Crippen LogP contribution in [0.15, 0.2) is 48.0 Å². The number of carbonyl (C=O) groups excluding carboxylic acids is 2. The topological polar surface area (TPSA) is 80.1 Å².